The van der Waals surface area contributed by atoms with Gasteiger partial charge in [0.25, 0.3) is 0 Å². The lowest BCUT2D eigenvalue weighted by Crippen LogP contribution is -2.35. The van der Waals surface area contributed by atoms with Gasteiger partial charge in [0.2, 0.25) is 17.2 Å². The number of nitrogens with zero attached hydrogens (tertiary/aromatic N) is 7. The topological polar surface area (TPSA) is 98.6 Å². The Labute approximate surface area is 101 Å². The van der Waals surface area contributed by atoms with Crippen LogP contribution in [0.5, 0.6) is 0 Å². The van der Waals surface area contributed by atoms with E-state index in [1.807, 2.05) is 9.47 Å². The van der Waals surface area contributed by atoms with Gasteiger partial charge in [0.15, 0.2) is 5.82 Å². The maximum atomic E-state index is 5.75. The summed E-state index contributed by atoms with van der Waals surface area (Å²) in [5, 5.41) is 7.96. The Morgan fingerprint density at radius 3 is 2.94 bits per heavy atom. The Hall–Kier alpha value is -1.96. The van der Waals surface area contributed by atoms with Crippen molar-refractivity contribution in [1.29, 1.82) is 0 Å². The number of hydrogen-bond donors (Lipinski definition) is 1. The zero-order valence-corrected chi connectivity index (χ0v) is 9.54. The van der Waals surface area contributed by atoms with Crippen LogP contribution in [-0.4, -0.2) is 36.3 Å². The van der Waals surface area contributed by atoms with Crippen LogP contribution in [-0.2, 0) is 13.1 Å². The fraction of sp³-hybridized carbons (Fsp3) is 0.375. The van der Waals surface area contributed by atoms with Crippen LogP contribution in [0.15, 0.2) is 6.33 Å². The van der Waals surface area contributed by atoms with Crippen LogP contribution in [0.25, 0.3) is 0 Å². The van der Waals surface area contributed by atoms with Crippen molar-refractivity contribution in [2.45, 2.75) is 13.1 Å². The van der Waals surface area contributed by atoms with Gasteiger partial charge in [0, 0.05) is 13.1 Å². The average molecular weight is 253 g/mol. The lowest BCUT2D eigenvalue weighted by Gasteiger charge is -2.26. The van der Waals surface area contributed by atoms with Gasteiger partial charge in [-0.15, -0.1) is 10.2 Å². The number of anilines is 2. The average Bonchev–Trinajstić information content (AvgIpc) is 2.74. The summed E-state index contributed by atoms with van der Waals surface area (Å²) < 4.78 is 1.99. The largest absolute Gasteiger partial charge is 0.368 e. The molecule has 0 amide bonds. The van der Waals surface area contributed by atoms with Crippen molar-refractivity contribution in [3.63, 3.8) is 0 Å². The molecule has 2 aromatic rings. The SMILES string of the molecule is Nc1nc(Cl)nc(N2CCn3cnnc3C2)n1. The van der Waals surface area contributed by atoms with Crippen LogP contribution in [0, 0.1) is 0 Å². The van der Waals surface area contributed by atoms with Gasteiger partial charge < -0.3 is 15.2 Å². The highest BCUT2D eigenvalue weighted by molar-refractivity contribution is 6.28. The minimum absolute atomic E-state index is 0.0968. The number of fused-ring (bicyclic) bond motifs is 1. The third-order valence-corrected chi connectivity index (χ3v) is 2.70. The first-order valence-corrected chi connectivity index (χ1v) is 5.39. The molecule has 0 saturated carbocycles. The molecule has 8 nitrogen and oxygen atoms in total. The molecular weight excluding hydrogens is 244 g/mol. The quantitative estimate of drug-likeness (QED) is 0.745. The zero-order chi connectivity index (χ0) is 11.8. The van der Waals surface area contributed by atoms with Crippen LogP contribution in [0.4, 0.5) is 11.9 Å². The van der Waals surface area contributed by atoms with Crippen molar-refractivity contribution >= 4 is 23.5 Å². The molecule has 2 N–H and O–H groups in total. The molecule has 2 aromatic heterocycles. The second-order valence-electron chi connectivity index (χ2n) is 3.62. The molecule has 0 bridgehead atoms. The lowest BCUT2D eigenvalue weighted by molar-refractivity contribution is 0.551. The Balaban J connectivity index is 1.91. The normalized spacial score (nSPS) is 14.8. The molecule has 0 saturated heterocycles. The van der Waals surface area contributed by atoms with Crippen LogP contribution in [0.3, 0.4) is 0 Å². The van der Waals surface area contributed by atoms with Crippen LogP contribution in [0.1, 0.15) is 5.82 Å². The van der Waals surface area contributed by atoms with E-state index < -0.39 is 0 Å². The van der Waals surface area contributed by atoms with E-state index in [-0.39, 0.29) is 11.2 Å². The summed E-state index contributed by atoms with van der Waals surface area (Å²) in [5.41, 5.74) is 5.53. The molecule has 3 heterocycles. The number of aromatic nitrogens is 6. The van der Waals surface area contributed by atoms with E-state index in [0.717, 1.165) is 18.9 Å². The Kier molecular flexibility index (Phi) is 2.29. The maximum Gasteiger partial charge on any atom is 0.231 e. The highest BCUT2D eigenvalue weighted by Gasteiger charge is 2.20. The van der Waals surface area contributed by atoms with E-state index in [1.54, 1.807) is 6.33 Å². The third-order valence-electron chi connectivity index (χ3n) is 2.54. The minimum Gasteiger partial charge on any atom is -0.368 e. The smallest absolute Gasteiger partial charge is 0.231 e. The summed E-state index contributed by atoms with van der Waals surface area (Å²) in [6.45, 7) is 2.12. The zero-order valence-electron chi connectivity index (χ0n) is 8.78. The van der Waals surface area contributed by atoms with Crippen molar-refractivity contribution < 1.29 is 0 Å². The second kappa shape index (κ2) is 3.81. The lowest BCUT2D eigenvalue weighted by atomic mass is 10.4. The van der Waals surface area contributed by atoms with E-state index in [9.17, 15) is 0 Å². The van der Waals surface area contributed by atoms with Gasteiger partial charge in [0.05, 0.1) is 6.54 Å². The summed E-state index contributed by atoms with van der Waals surface area (Å²) in [6, 6.07) is 0. The predicted molar refractivity (Wildman–Crippen MR) is 60.3 cm³/mol. The number of rotatable bonds is 1. The monoisotopic (exact) mass is 252 g/mol. The van der Waals surface area contributed by atoms with Gasteiger partial charge in [-0.2, -0.15) is 15.0 Å². The van der Waals surface area contributed by atoms with E-state index >= 15 is 0 Å². The van der Waals surface area contributed by atoms with Crippen molar-refractivity contribution in [3.05, 3.63) is 17.4 Å². The Morgan fingerprint density at radius 1 is 1.24 bits per heavy atom. The number of hydrogen-bond acceptors (Lipinski definition) is 7. The van der Waals surface area contributed by atoms with Crippen LogP contribution >= 0.6 is 11.6 Å². The van der Waals surface area contributed by atoms with Crippen molar-refractivity contribution in [2.24, 2.45) is 0 Å². The molecule has 17 heavy (non-hydrogen) atoms. The van der Waals surface area contributed by atoms with E-state index in [1.165, 1.54) is 0 Å². The molecule has 0 aromatic carbocycles. The van der Waals surface area contributed by atoms with Gasteiger partial charge in [-0.25, -0.2) is 0 Å². The highest BCUT2D eigenvalue weighted by atomic mass is 35.5. The standard InChI is InChI=1S/C8H9ClN8/c9-6-12-7(10)14-8(13-6)16-1-2-17-4-11-15-5(17)3-16/h4H,1-3H2,(H2,10,12,13,14). The molecule has 0 aliphatic carbocycles. The van der Waals surface area contributed by atoms with Crippen LogP contribution < -0.4 is 10.6 Å². The summed E-state index contributed by atoms with van der Waals surface area (Å²) >= 11 is 5.75. The van der Waals surface area contributed by atoms with Crippen molar-refractivity contribution in [2.75, 3.05) is 17.2 Å². The molecule has 0 atom stereocenters. The predicted octanol–water partition coefficient (Wildman–Crippen LogP) is -0.281. The maximum absolute atomic E-state index is 5.75. The highest BCUT2D eigenvalue weighted by Crippen LogP contribution is 2.17. The Morgan fingerprint density at radius 2 is 2.12 bits per heavy atom. The van der Waals surface area contributed by atoms with Gasteiger partial charge in [-0.1, -0.05) is 0 Å². The molecule has 0 spiro atoms. The first-order valence-electron chi connectivity index (χ1n) is 5.01. The minimum atomic E-state index is 0.0968. The molecule has 9 heteroatoms. The number of nitrogen functional groups attached to an aromatic ring is 1. The van der Waals surface area contributed by atoms with Gasteiger partial charge in [-0.3, -0.25) is 0 Å². The molecule has 0 unspecified atom stereocenters. The molecule has 1 aliphatic rings. The van der Waals surface area contributed by atoms with Gasteiger partial charge >= 0.3 is 0 Å². The van der Waals surface area contributed by atoms with Crippen molar-refractivity contribution in [3.8, 4) is 0 Å². The summed E-state index contributed by atoms with van der Waals surface area (Å²) in [5.74, 6) is 1.45. The molecular formula is C8H9ClN8. The number of nitrogens with two attached hydrogens (primary N) is 1. The van der Waals surface area contributed by atoms with E-state index in [4.69, 9.17) is 17.3 Å². The first-order chi connectivity index (χ1) is 8.22. The number of halogens is 1. The molecule has 3 rings (SSSR count). The van der Waals surface area contributed by atoms with E-state index in [0.29, 0.717) is 12.5 Å². The van der Waals surface area contributed by atoms with Gasteiger partial charge in [-0.05, 0) is 11.6 Å². The summed E-state index contributed by atoms with van der Waals surface area (Å²) in [7, 11) is 0. The molecule has 1 aliphatic heterocycles. The van der Waals surface area contributed by atoms with Crippen molar-refractivity contribution in [1.82, 2.24) is 29.7 Å². The fourth-order valence-corrected chi connectivity index (χ4v) is 1.90. The first kappa shape index (κ1) is 10.2. The van der Waals surface area contributed by atoms with E-state index in [2.05, 4.69) is 25.1 Å². The van der Waals surface area contributed by atoms with Crippen LogP contribution in [0.2, 0.25) is 5.28 Å². The second-order valence-corrected chi connectivity index (χ2v) is 3.96. The third kappa shape index (κ3) is 1.86. The summed E-state index contributed by atoms with van der Waals surface area (Å²) in [6.07, 6.45) is 1.71. The Bertz CT molecular complexity index is 532. The molecule has 0 radical (unpaired) electrons. The fourth-order valence-electron chi connectivity index (χ4n) is 1.73. The molecule has 88 valence electrons. The molecule has 0 fully saturated rings. The van der Waals surface area contributed by atoms with Gasteiger partial charge in [0.1, 0.15) is 6.33 Å². The summed E-state index contributed by atoms with van der Waals surface area (Å²) in [4.78, 5) is 13.8.